The van der Waals surface area contributed by atoms with Gasteiger partial charge in [-0.25, -0.2) is 8.42 Å². The first-order chi connectivity index (χ1) is 14.3. The van der Waals surface area contributed by atoms with Crippen LogP contribution in [0.4, 0.5) is 0 Å². The molecule has 1 amide bonds. The molecule has 1 aliphatic heterocycles. The minimum atomic E-state index is -3.59. The van der Waals surface area contributed by atoms with E-state index in [4.69, 9.17) is 9.47 Å². The van der Waals surface area contributed by atoms with Gasteiger partial charge in [0.15, 0.2) is 11.5 Å². The van der Waals surface area contributed by atoms with Crippen molar-refractivity contribution in [2.24, 2.45) is 0 Å². The van der Waals surface area contributed by atoms with E-state index in [2.05, 4.69) is 15.9 Å². The molecular formula is C21H25BrN2O5S. The summed E-state index contributed by atoms with van der Waals surface area (Å²) in [5.74, 6) is 0.929. The summed E-state index contributed by atoms with van der Waals surface area (Å²) in [6.45, 7) is 1.63. The van der Waals surface area contributed by atoms with Gasteiger partial charge in [0.25, 0.3) is 5.91 Å². The van der Waals surface area contributed by atoms with Crippen LogP contribution in [-0.2, 0) is 10.0 Å². The van der Waals surface area contributed by atoms with Gasteiger partial charge >= 0.3 is 0 Å². The average Bonchev–Trinajstić information content (AvgIpc) is 3.29. The molecule has 3 rings (SSSR count). The fraction of sp³-hybridized carbons (Fsp3) is 0.381. The Labute approximate surface area is 185 Å². The van der Waals surface area contributed by atoms with Crippen LogP contribution < -0.4 is 9.47 Å². The lowest BCUT2D eigenvalue weighted by molar-refractivity contribution is 0.0772. The number of hydrogen-bond acceptors (Lipinski definition) is 5. The molecule has 0 unspecified atom stereocenters. The van der Waals surface area contributed by atoms with Gasteiger partial charge in [-0.1, -0.05) is 12.1 Å². The highest BCUT2D eigenvalue weighted by Gasteiger charge is 2.28. The zero-order chi connectivity index (χ0) is 21.7. The summed E-state index contributed by atoms with van der Waals surface area (Å²) in [6, 6.07) is 11.9. The molecule has 0 saturated carbocycles. The Morgan fingerprint density at radius 2 is 1.80 bits per heavy atom. The molecule has 1 saturated heterocycles. The van der Waals surface area contributed by atoms with Crippen molar-refractivity contribution in [1.29, 1.82) is 0 Å². The number of nitrogens with zero attached hydrogens (tertiary/aromatic N) is 2. The van der Waals surface area contributed by atoms with E-state index in [9.17, 15) is 13.2 Å². The van der Waals surface area contributed by atoms with E-state index in [1.807, 2.05) is 12.1 Å². The van der Waals surface area contributed by atoms with Crippen molar-refractivity contribution in [3.05, 3.63) is 52.5 Å². The summed E-state index contributed by atoms with van der Waals surface area (Å²) < 4.78 is 38.7. The van der Waals surface area contributed by atoms with Crippen LogP contribution in [0.1, 0.15) is 23.2 Å². The van der Waals surface area contributed by atoms with E-state index in [1.165, 1.54) is 21.3 Å². The molecule has 2 aromatic carbocycles. The Morgan fingerprint density at radius 3 is 2.47 bits per heavy atom. The van der Waals surface area contributed by atoms with Gasteiger partial charge in [-0.15, -0.1) is 0 Å². The van der Waals surface area contributed by atoms with Crippen LogP contribution in [0, 0.1) is 0 Å². The second-order valence-electron chi connectivity index (χ2n) is 6.98. The lowest BCUT2D eigenvalue weighted by Gasteiger charge is -2.20. The standard InChI is InChI=1S/C21H25BrN2O5S/c1-23(13-14-29-20-8-4-3-7-19(20)28-2)21(25)17-15-16(9-10-18(17)22)30(26,27)24-11-5-6-12-24/h3-4,7-10,15H,5-6,11-14H2,1-2H3. The molecule has 0 N–H and O–H groups in total. The highest BCUT2D eigenvalue weighted by Crippen LogP contribution is 2.27. The Bertz CT molecular complexity index is 1010. The number of methoxy groups -OCH3 is 1. The first-order valence-electron chi connectivity index (χ1n) is 9.65. The molecule has 0 radical (unpaired) electrons. The SMILES string of the molecule is COc1ccccc1OCCN(C)C(=O)c1cc(S(=O)(=O)N2CCCC2)ccc1Br. The second-order valence-corrected chi connectivity index (χ2v) is 9.77. The van der Waals surface area contributed by atoms with Crippen molar-refractivity contribution in [3.63, 3.8) is 0 Å². The number of carbonyl (C=O) groups excluding carboxylic acids is 1. The predicted octanol–water partition coefficient (Wildman–Crippen LogP) is 3.39. The molecule has 1 aliphatic rings. The molecular weight excluding hydrogens is 472 g/mol. The van der Waals surface area contributed by atoms with Gasteiger partial charge < -0.3 is 14.4 Å². The molecule has 0 atom stereocenters. The zero-order valence-electron chi connectivity index (χ0n) is 17.0. The lowest BCUT2D eigenvalue weighted by Crippen LogP contribution is -2.32. The summed E-state index contributed by atoms with van der Waals surface area (Å²) in [5.41, 5.74) is 0.301. The Kier molecular flexibility index (Phi) is 7.38. The number of carbonyl (C=O) groups is 1. The molecule has 9 heteroatoms. The number of likely N-dealkylation sites (N-methyl/N-ethyl adjacent to an activating group) is 1. The van der Waals surface area contributed by atoms with Crippen molar-refractivity contribution in [2.75, 3.05) is 40.4 Å². The Morgan fingerprint density at radius 1 is 1.13 bits per heavy atom. The summed E-state index contributed by atoms with van der Waals surface area (Å²) >= 11 is 3.37. The van der Waals surface area contributed by atoms with Crippen LogP contribution in [0.25, 0.3) is 0 Å². The van der Waals surface area contributed by atoms with Crippen LogP contribution >= 0.6 is 15.9 Å². The predicted molar refractivity (Wildman–Crippen MR) is 118 cm³/mol. The van der Waals surface area contributed by atoms with Gasteiger partial charge in [0.05, 0.1) is 24.1 Å². The number of benzene rings is 2. The number of halogens is 1. The first-order valence-corrected chi connectivity index (χ1v) is 11.9. The molecule has 2 aromatic rings. The normalized spacial score (nSPS) is 14.5. The summed E-state index contributed by atoms with van der Waals surface area (Å²) in [7, 11) is -0.372. The van der Waals surface area contributed by atoms with Gasteiger partial charge in [-0.3, -0.25) is 4.79 Å². The molecule has 0 aliphatic carbocycles. The highest BCUT2D eigenvalue weighted by atomic mass is 79.9. The summed E-state index contributed by atoms with van der Waals surface area (Å²) in [4.78, 5) is 14.6. The lowest BCUT2D eigenvalue weighted by atomic mass is 10.2. The van der Waals surface area contributed by atoms with Crippen LogP contribution in [0.5, 0.6) is 11.5 Å². The van der Waals surface area contributed by atoms with E-state index in [1.54, 1.807) is 32.4 Å². The molecule has 30 heavy (non-hydrogen) atoms. The number of para-hydroxylation sites is 2. The van der Waals surface area contributed by atoms with Crippen LogP contribution in [0.15, 0.2) is 51.8 Å². The first kappa shape index (κ1) is 22.6. The average molecular weight is 497 g/mol. The maximum absolute atomic E-state index is 12.9. The fourth-order valence-electron chi connectivity index (χ4n) is 3.24. The van der Waals surface area contributed by atoms with Crippen molar-refractivity contribution >= 4 is 31.9 Å². The highest BCUT2D eigenvalue weighted by molar-refractivity contribution is 9.10. The third kappa shape index (κ3) is 4.96. The van der Waals surface area contributed by atoms with Crippen molar-refractivity contribution < 1.29 is 22.7 Å². The minimum absolute atomic E-state index is 0.134. The molecule has 0 aromatic heterocycles. The van der Waals surface area contributed by atoms with E-state index in [0.29, 0.717) is 41.2 Å². The maximum Gasteiger partial charge on any atom is 0.254 e. The fourth-order valence-corrected chi connectivity index (χ4v) is 5.20. The number of sulfonamides is 1. The van der Waals surface area contributed by atoms with Crippen molar-refractivity contribution in [3.8, 4) is 11.5 Å². The van der Waals surface area contributed by atoms with Crippen LogP contribution in [0.3, 0.4) is 0 Å². The zero-order valence-corrected chi connectivity index (χ0v) is 19.4. The van der Waals surface area contributed by atoms with Gasteiger partial charge in [-0.05, 0) is 59.1 Å². The third-order valence-electron chi connectivity index (χ3n) is 4.97. The summed E-state index contributed by atoms with van der Waals surface area (Å²) in [5, 5.41) is 0. The number of hydrogen-bond donors (Lipinski definition) is 0. The molecule has 0 spiro atoms. The molecule has 1 fully saturated rings. The topological polar surface area (TPSA) is 76.1 Å². The summed E-state index contributed by atoms with van der Waals surface area (Å²) in [6.07, 6.45) is 1.72. The molecule has 1 heterocycles. The largest absolute Gasteiger partial charge is 0.493 e. The van der Waals surface area contributed by atoms with Gasteiger partial charge in [0.2, 0.25) is 10.0 Å². The molecule has 0 bridgehead atoms. The van der Waals surface area contributed by atoms with E-state index in [-0.39, 0.29) is 17.4 Å². The number of amides is 1. The van der Waals surface area contributed by atoms with Crippen molar-refractivity contribution in [2.45, 2.75) is 17.7 Å². The maximum atomic E-state index is 12.9. The molecule has 7 nitrogen and oxygen atoms in total. The minimum Gasteiger partial charge on any atom is -0.493 e. The third-order valence-corrected chi connectivity index (χ3v) is 7.56. The quantitative estimate of drug-likeness (QED) is 0.559. The van der Waals surface area contributed by atoms with Crippen LogP contribution in [0.2, 0.25) is 0 Å². The molecule has 162 valence electrons. The smallest absolute Gasteiger partial charge is 0.254 e. The monoisotopic (exact) mass is 496 g/mol. The van der Waals surface area contributed by atoms with Gasteiger partial charge in [0.1, 0.15) is 6.61 Å². The van der Waals surface area contributed by atoms with Crippen LogP contribution in [-0.4, -0.2) is 63.9 Å². The second kappa shape index (κ2) is 9.80. The van der Waals surface area contributed by atoms with E-state index >= 15 is 0 Å². The Balaban J connectivity index is 1.69. The number of rotatable bonds is 8. The Hall–Kier alpha value is -2.10. The van der Waals surface area contributed by atoms with Crippen molar-refractivity contribution in [1.82, 2.24) is 9.21 Å². The number of ether oxygens (including phenoxy) is 2. The van der Waals surface area contributed by atoms with E-state index < -0.39 is 10.0 Å². The van der Waals surface area contributed by atoms with Gasteiger partial charge in [0, 0.05) is 24.6 Å². The van der Waals surface area contributed by atoms with E-state index in [0.717, 1.165) is 12.8 Å². The van der Waals surface area contributed by atoms with Gasteiger partial charge in [-0.2, -0.15) is 4.31 Å².